The van der Waals surface area contributed by atoms with Crippen LogP contribution in [0.3, 0.4) is 0 Å². The van der Waals surface area contributed by atoms with E-state index in [1.54, 1.807) is 0 Å². The lowest BCUT2D eigenvalue weighted by Gasteiger charge is -2.16. The Balaban J connectivity index is 2.35. The smallest absolute Gasteiger partial charge is 0.130 e. The van der Waals surface area contributed by atoms with Gasteiger partial charge in [0.2, 0.25) is 0 Å². The van der Waals surface area contributed by atoms with Gasteiger partial charge in [0, 0.05) is 11.0 Å². The van der Waals surface area contributed by atoms with Crippen molar-refractivity contribution in [2.24, 2.45) is 5.73 Å². The molecule has 0 bridgehead atoms. The van der Waals surface area contributed by atoms with Crippen molar-refractivity contribution >= 4 is 15.9 Å². The molecular weight excluding hydrogens is 314 g/mol. The minimum atomic E-state index is 0.408. The lowest BCUT2D eigenvalue weighted by molar-refractivity contribution is 0.469. The minimum Gasteiger partial charge on any atom is -0.457 e. The van der Waals surface area contributed by atoms with Crippen LogP contribution in [0.1, 0.15) is 36.5 Å². The maximum absolute atomic E-state index is 6.09. The number of rotatable bonds is 4. The largest absolute Gasteiger partial charge is 0.457 e. The average Bonchev–Trinajstić information content (AvgIpc) is 2.42. The Kier molecular flexibility index (Phi) is 4.84. The fraction of sp³-hybridized carbons (Fsp3) is 0.294. The molecule has 2 nitrogen and oxygen atoms in total. The van der Waals surface area contributed by atoms with Crippen LogP contribution in [0.25, 0.3) is 0 Å². The van der Waals surface area contributed by atoms with Gasteiger partial charge in [-0.3, -0.25) is 0 Å². The topological polar surface area (TPSA) is 35.2 Å². The van der Waals surface area contributed by atoms with Crippen LogP contribution in [0.4, 0.5) is 0 Å². The van der Waals surface area contributed by atoms with E-state index in [0.717, 1.165) is 27.1 Å². The van der Waals surface area contributed by atoms with E-state index in [-0.39, 0.29) is 0 Å². The summed E-state index contributed by atoms with van der Waals surface area (Å²) in [6.45, 7) is 6.93. The van der Waals surface area contributed by atoms with Crippen LogP contribution in [0.2, 0.25) is 0 Å². The van der Waals surface area contributed by atoms with Crippen molar-refractivity contribution in [3.8, 4) is 11.5 Å². The molecule has 0 radical (unpaired) electrons. The molecule has 0 aromatic heterocycles. The Morgan fingerprint density at radius 3 is 2.40 bits per heavy atom. The van der Waals surface area contributed by atoms with Crippen LogP contribution < -0.4 is 10.5 Å². The summed E-state index contributed by atoms with van der Waals surface area (Å²) in [5.41, 5.74) is 9.07. The van der Waals surface area contributed by atoms with Gasteiger partial charge in [-0.2, -0.15) is 0 Å². The molecule has 0 aliphatic rings. The molecule has 2 N–H and O–H groups in total. The van der Waals surface area contributed by atoms with Crippen molar-refractivity contribution in [2.45, 2.75) is 33.2 Å². The van der Waals surface area contributed by atoms with Crippen LogP contribution in [0.15, 0.2) is 40.9 Å². The summed E-state index contributed by atoms with van der Waals surface area (Å²) < 4.78 is 7.17. The first-order chi connectivity index (χ1) is 9.51. The minimum absolute atomic E-state index is 0.408. The van der Waals surface area contributed by atoms with Gasteiger partial charge in [0.25, 0.3) is 0 Å². The molecular formula is C17H20BrNO. The summed E-state index contributed by atoms with van der Waals surface area (Å²) in [4.78, 5) is 0. The van der Waals surface area contributed by atoms with E-state index < -0.39 is 0 Å². The van der Waals surface area contributed by atoms with E-state index in [0.29, 0.717) is 12.5 Å². The first kappa shape index (κ1) is 15.1. The normalized spacial score (nSPS) is 10.9. The lowest BCUT2D eigenvalue weighted by Crippen LogP contribution is -1.98. The zero-order valence-electron chi connectivity index (χ0n) is 12.1. The SMILES string of the molecule is Cc1cc(CN)ccc1Oc1ccc(Br)cc1C(C)C. The average molecular weight is 334 g/mol. The van der Waals surface area contributed by atoms with E-state index in [9.17, 15) is 0 Å². The lowest BCUT2D eigenvalue weighted by atomic mass is 10.0. The van der Waals surface area contributed by atoms with E-state index in [4.69, 9.17) is 10.5 Å². The summed E-state index contributed by atoms with van der Waals surface area (Å²) in [5, 5.41) is 0. The van der Waals surface area contributed by atoms with Gasteiger partial charge >= 0.3 is 0 Å². The predicted octanol–water partition coefficient (Wildman–Crippen LogP) is 5.13. The standard InChI is InChI=1S/C17H20BrNO/c1-11(2)15-9-14(18)5-7-17(15)20-16-6-4-13(10-19)8-12(16)3/h4-9,11H,10,19H2,1-3H3. The van der Waals surface area contributed by atoms with E-state index in [1.165, 1.54) is 5.56 Å². The summed E-state index contributed by atoms with van der Waals surface area (Å²) in [6, 6.07) is 12.2. The Hall–Kier alpha value is -1.32. The Bertz CT molecular complexity index is 608. The van der Waals surface area contributed by atoms with Crippen molar-refractivity contribution in [3.05, 3.63) is 57.6 Å². The van der Waals surface area contributed by atoms with E-state index >= 15 is 0 Å². The van der Waals surface area contributed by atoms with Crippen molar-refractivity contribution in [2.75, 3.05) is 0 Å². The molecule has 0 heterocycles. The summed E-state index contributed by atoms with van der Waals surface area (Å²) in [7, 11) is 0. The summed E-state index contributed by atoms with van der Waals surface area (Å²) >= 11 is 3.51. The third kappa shape index (κ3) is 3.41. The highest BCUT2D eigenvalue weighted by atomic mass is 79.9. The Morgan fingerprint density at radius 1 is 1.10 bits per heavy atom. The van der Waals surface area contributed by atoms with Gasteiger partial charge in [-0.25, -0.2) is 0 Å². The van der Waals surface area contributed by atoms with Crippen LogP contribution >= 0.6 is 15.9 Å². The first-order valence-corrected chi connectivity index (χ1v) is 7.57. The van der Waals surface area contributed by atoms with E-state index in [1.807, 2.05) is 31.2 Å². The maximum Gasteiger partial charge on any atom is 0.130 e. The van der Waals surface area contributed by atoms with Crippen LogP contribution in [-0.2, 0) is 6.54 Å². The molecule has 0 aliphatic heterocycles. The maximum atomic E-state index is 6.09. The van der Waals surface area contributed by atoms with Gasteiger partial charge in [0.15, 0.2) is 0 Å². The van der Waals surface area contributed by atoms with Gasteiger partial charge in [-0.15, -0.1) is 0 Å². The molecule has 2 aromatic rings. The van der Waals surface area contributed by atoms with Gasteiger partial charge in [0.1, 0.15) is 11.5 Å². The van der Waals surface area contributed by atoms with Crippen molar-refractivity contribution in [3.63, 3.8) is 0 Å². The Labute approximate surface area is 129 Å². The van der Waals surface area contributed by atoms with E-state index in [2.05, 4.69) is 41.9 Å². The van der Waals surface area contributed by atoms with Crippen molar-refractivity contribution in [1.29, 1.82) is 0 Å². The number of halogens is 1. The molecule has 2 aromatic carbocycles. The van der Waals surface area contributed by atoms with Crippen molar-refractivity contribution < 1.29 is 4.74 Å². The quantitative estimate of drug-likeness (QED) is 0.841. The van der Waals surface area contributed by atoms with Gasteiger partial charge in [-0.05, 0) is 53.8 Å². The molecule has 0 aliphatic carbocycles. The number of nitrogens with two attached hydrogens (primary N) is 1. The zero-order chi connectivity index (χ0) is 14.7. The van der Waals surface area contributed by atoms with Crippen LogP contribution in [0.5, 0.6) is 11.5 Å². The molecule has 0 atom stereocenters. The molecule has 0 saturated heterocycles. The fourth-order valence-electron chi connectivity index (χ4n) is 2.13. The molecule has 0 unspecified atom stereocenters. The second kappa shape index (κ2) is 6.42. The van der Waals surface area contributed by atoms with Crippen LogP contribution in [-0.4, -0.2) is 0 Å². The second-order valence-electron chi connectivity index (χ2n) is 5.24. The molecule has 0 spiro atoms. The van der Waals surface area contributed by atoms with Gasteiger partial charge in [0.05, 0.1) is 0 Å². The number of benzene rings is 2. The fourth-order valence-corrected chi connectivity index (χ4v) is 2.51. The molecule has 2 rings (SSSR count). The molecule has 3 heteroatoms. The molecule has 106 valence electrons. The molecule has 0 fully saturated rings. The van der Waals surface area contributed by atoms with Gasteiger partial charge in [-0.1, -0.05) is 41.9 Å². The van der Waals surface area contributed by atoms with Crippen molar-refractivity contribution in [1.82, 2.24) is 0 Å². The number of hydrogen-bond acceptors (Lipinski definition) is 2. The number of hydrogen-bond donors (Lipinski definition) is 1. The third-order valence-electron chi connectivity index (χ3n) is 3.29. The Morgan fingerprint density at radius 2 is 1.80 bits per heavy atom. The first-order valence-electron chi connectivity index (χ1n) is 6.78. The highest BCUT2D eigenvalue weighted by Gasteiger charge is 2.11. The number of aryl methyl sites for hydroxylation is 1. The predicted molar refractivity (Wildman–Crippen MR) is 87.4 cm³/mol. The molecule has 0 amide bonds. The second-order valence-corrected chi connectivity index (χ2v) is 6.16. The monoisotopic (exact) mass is 333 g/mol. The highest BCUT2D eigenvalue weighted by Crippen LogP contribution is 2.34. The summed E-state index contributed by atoms with van der Waals surface area (Å²) in [5.74, 6) is 2.20. The molecule has 0 saturated carbocycles. The number of ether oxygens (including phenoxy) is 1. The molecule has 20 heavy (non-hydrogen) atoms. The van der Waals surface area contributed by atoms with Gasteiger partial charge < -0.3 is 10.5 Å². The van der Waals surface area contributed by atoms with Crippen LogP contribution in [0, 0.1) is 6.92 Å². The summed E-state index contributed by atoms with van der Waals surface area (Å²) in [6.07, 6.45) is 0. The zero-order valence-corrected chi connectivity index (χ0v) is 13.7. The highest BCUT2D eigenvalue weighted by molar-refractivity contribution is 9.10. The third-order valence-corrected chi connectivity index (χ3v) is 3.78.